The van der Waals surface area contributed by atoms with E-state index in [1.807, 2.05) is 6.92 Å². The van der Waals surface area contributed by atoms with Crippen LogP contribution in [0.4, 0.5) is 4.39 Å². The summed E-state index contributed by atoms with van der Waals surface area (Å²) in [6.07, 6.45) is 5.29. The number of nitrogens with one attached hydrogen (secondary N) is 1. The summed E-state index contributed by atoms with van der Waals surface area (Å²) in [4.78, 5) is 0.198. The molecule has 0 amide bonds. The van der Waals surface area contributed by atoms with Crippen molar-refractivity contribution in [3.63, 3.8) is 0 Å². The van der Waals surface area contributed by atoms with Gasteiger partial charge in [-0.25, -0.2) is 17.5 Å². The molecular formula is C16H26FNO2S. The molecule has 1 rings (SSSR count). The highest BCUT2D eigenvalue weighted by Crippen LogP contribution is 2.22. The Kier molecular flexibility index (Phi) is 6.81. The summed E-state index contributed by atoms with van der Waals surface area (Å²) in [6.45, 7) is 7.26. The fourth-order valence-corrected chi connectivity index (χ4v) is 4.31. The fourth-order valence-electron chi connectivity index (χ4n) is 2.58. The molecule has 1 atom stereocenters. The van der Waals surface area contributed by atoms with Crippen LogP contribution in [0.1, 0.15) is 57.1 Å². The first kappa shape index (κ1) is 18.1. The normalized spacial score (nSPS) is 13.4. The molecule has 0 fully saturated rings. The van der Waals surface area contributed by atoms with E-state index in [0.29, 0.717) is 11.1 Å². The number of halogens is 1. The molecule has 0 heterocycles. The van der Waals surface area contributed by atoms with Crippen LogP contribution < -0.4 is 4.72 Å². The third-order valence-electron chi connectivity index (χ3n) is 3.54. The van der Waals surface area contributed by atoms with Gasteiger partial charge in [0.15, 0.2) is 0 Å². The lowest BCUT2D eigenvalue weighted by molar-refractivity contribution is 0.521. The number of benzene rings is 1. The lowest BCUT2D eigenvalue weighted by Gasteiger charge is -2.17. The van der Waals surface area contributed by atoms with Gasteiger partial charge in [0.1, 0.15) is 5.82 Å². The molecule has 1 N–H and O–H groups in total. The van der Waals surface area contributed by atoms with Gasteiger partial charge in [0, 0.05) is 6.04 Å². The van der Waals surface area contributed by atoms with Crippen molar-refractivity contribution < 1.29 is 12.8 Å². The van der Waals surface area contributed by atoms with Crippen LogP contribution in [0.5, 0.6) is 0 Å². The van der Waals surface area contributed by atoms with Gasteiger partial charge in [-0.1, -0.05) is 32.6 Å². The third-order valence-corrected chi connectivity index (χ3v) is 5.43. The smallest absolute Gasteiger partial charge is 0.208 e. The lowest BCUT2D eigenvalue weighted by Crippen LogP contribution is -2.33. The van der Waals surface area contributed by atoms with Crippen LogP contribution >= 0.6 is 0 Å². The highest BCUT2D eigenvalue weighted by atomic mass is 32.2. The molecule has 0 aliphatic rings. The Balaban J connectivity index is 2.78. The van der Waals surface area contributed by atoms with Crippen molar-refractivity contribution in [3.8, 4) is 0 Å². The van der Waals surface area contributed by atoms with E-state index in [2.05, 4.69) is 11.6 Å². The van der Waals surface area contributed by atoms with Crippen molar-refractivity contribution in [1.29, 1.82) is 0 Å². The highest BCUT2D eigenvalue weighted by molar-refractivity contribution is 7.89. The van der Waals surface area contributed by atoms with Gasteiger partial charge in [-0.15, -0.1) is 0 Å². The molecule has 0 aromatic heterocycles. The van der Waals surface area contributed by atoms with Crippen LogP contribution in [0.3, 0.4) is 0 Å². The van der Waals surface area contributed by atoms with E-state index in [0.717, 1.165) is 25.7 Å². The molecule has 0 bridgehead atoms. The van der Waals surface area contributed by atoms with Crippen LogP contribution in [-0.2, 0) is 10.0 Å². The van der Waals surface area contributed by atoms with Gasteiger partial charge >= 0.3 is 0 Å². The van der Waals surface area contributed by atoms with Crippen molar-refractivity contribution in [2.24, 2.45) is 0 Å². The minimum Gasteiger partial charge on any atom is -0.208 e. The molecule has 0 aliphatic carbocycles. The van der Waals surface area contributed by atoms with Gasteiger partial charge in [-0.3, -0.25) is 0 Å². The van der Waals surface area contributed by atoms with E-state index in [4.69, 9.17) is 0 Å². The van der Waals surface area contributed by atoms with Crippen LogP contribution in [0.2, 0.25) is 0 Å². The molecule has 0 radical (unpaired) electrons. The second-order valence-corrected chi connectivity index (χ2v) is 7.39. The average molecular weight is 315 g/mol. The lowest BCUT2D eigenvalue weighted by atomic mass is 10.1. The van der Waals surface area contributed by atoms with Crippen LogP contribution in [-0.4, -0.2) is 14.5 Å². The quantitative estimate of drug-likeness (QED) is 0.735. The van der Waals surface area contributed by atoms with Gasteiger partial charge < -0.3 is 0 Å². The van der Waals surface area contributed by atoms with E-state index in [-0.39, 0.29) is 10.9 Å². The van der Waals surface area contributed by atoms with E-state index in [9.17, 15) is 12.8 Å². The number of sulfonamides is 1. The van der Waals surface area contributed by atoms with Gasteiger partial charge in [-0.2, -0.15) is 0 Å². The Morgan fingerprint density at radius 2 is 1.71 bits per heavy atom. The zero-order valence-electron chi connectivity index (χ0n) is 13.4. The second kappa shape index (κ2) is 7.90. The predicted molar refractivity (Wildman–Crippen MR) is 84.4 cm³/mol. The number of hydrogen-bond acceptors (Lipinski definition) is 2. The molecular weight excluding hydrogens is 289 g/mol. The summed E-state index contributed by atoms with van der Waals surface area (Å²) < 4.78 is 40.9. The molecule has 0 aliphatic heterocycles. The fraction of sp³-hybridized carbons (Fsp3) is 0.625. The summed E-state index contributed by atoms with van der Waals surface area (Å²) in [5.74, 6) is -0.406. The average Bonchev–Trinajstić information content (AvgIpc) is 2.32. The standard InChI is InChI=1S/C16H26FNO2S/c1-5-6-7-8-9-14(4)18-21(19,20)16-12(2)10-15(17)11-13(16)3/h10-11,14,18H,5-9H2,1-4H3. The highest BCUT2D eigenvalue weighted by Gasteiger charge is 2.22. The molecule has 21 heavy (non-hydrogen) atoms. The van der Waals surface area contributed by atoms with Crippen molar-refractivity contribution in [1.82, 2.24) is 4.72 Å². The van der Waals surface area contributed by atoms with Crippen molar-refractivity contribution in [2.75, 3.05) is 0 Å². The molecule has 0 saturated carbocycles. The maximum atomic E-state index is 13.3. The summed E-state index contributed by atoms with van der Waals surface area (Å²) in [5.41, 5.74) is 0.886. The van der Waals surface area contributed by atoms with Gasteiger partial charge in [0.05, 0.1) is 4.90 Å². The summed E-state index contributed by atoms with van der Waals surface area (Å²) in [6, 6.07) is 2.40. The number of aryl methyl sites for hydroxylation is 2. The number of hydrogen-bond donors (Lipinski definition) is 1. The first-order chi connectivity index (χ1) is 9.77. The molecule has 120 valence electrons. The number of unbranched alkanes of at least 4 members (excludes halogenated alkanes) is 3. The Morgan fingerprint density at radius 3 is 2.24 bits per heavy atom. The van der Waals surface area contributed by atoms with E-state index >= 15 is 0 Å². The molecule has 1 aromatic rings. The zero-order chi connectivity index (χ0) is 16.0. The first-order valence-electron chi connectivity index (χ1n) is 7.57. The van der Waals surface area contributed by atoms with Crippen LogP contribution in [0.25, 0.3) is 0 Å². The SMILES string of the molecule is CCCCCCC(C)NS(=O)(=O)c1c(C)cc(F)cc1C. The molecule has 1 aromatic carbocycles. The third kappa shape index (κ3) is 5.40. The van der Waals surface area contributed by atoms with Crippen LogP contribution in [0.15, 0.2) is 17.0 Å². The van der Waals surface area contributed by atoms with E-state index < -0.39 is 15.8 Å². The predicted octanol–water partition coefficient (Wildman–Crippen LogP) is 4.08. The zero-order valence-corrected chi connectivity index (χ0v) is 14.2. The molecule has 3 nitrogen and oxygen atoms in total. The maximum absolute atomic E-state index is 13.3. The molecule has 0 spiro atoms. The first-order valence-corrected chi connectivity index (χ1v) is 9.05. The van der Waals surface area contributed by atoms with Crippen molar-refractivity contribution in [3.05, 3.63) is 29.1 Å². The monoisotopic (exact) mass is 315 g/mol. The largest absolute Gasteiger partial charge is 0.241 e. The molecule has 5 heteroatoms. The van der Waals surface area contributed by atoms with Crippen molar-refractivity contribution in [2.45, 2.75) is 70.7 Å². The van der Waals surface area contributed by atoms with E-state index in [1.165, 1.54) is 18.6 Å². The van der Waals surface area contributed by atoms with Gasteiger partial charge in [0.25, 0.3) is 0 Å². The summed E-state index contributed by atoms with van der Waals surface area (Å²) in [7, 11) is -3.60. The topological polar surface area (TPSA) is 46.2 Å². The van der Waals surface area contributed by atoms with Gasteiger partial charge in [0.2, 0.25) is 10.0 Å². The van der Waals surface area contributed by atoms with Crippen LogP contribution in [0, 0.1) is 19.7 Å². The Labute approximate surface area is 128 Å². The minimum absolute atomic E-state index is 0.115. The molecule has 0 saturated heterocycles. The van der Waals surface area contributed by atoms with Crippen molar-refractivity contribution >= 4 is 10.0 Å². The Hall–Kier alpha value is -0.940. The van der Waals surface area contributed by atoms with E-state index in [1.54, 1.807) is 13.8 Å². The summed E-state index contributed by atoms with van der Waals surface area (Å²) in [5, 5.41) is 0. The van der Waals surface area contributed by atoms with Gasteiger partial charge in [-0.05, 0) is 50.5 Å². The molecule has 1 unspecified atom stereocenters. The maximum Gasteiger partial charge on any atom is 0.241 e. The Bertz CT molecular complexity index is 547. The summed E-state index contributed by atoms with van der Waals surface area (Å²) >= 11 is 0. The minimum atomic E-state index is -3.60. The second-order valence-electron chi connectivity index (χ2n) is 5.74. The Morgan fingerprint density at radius 1 is 1.14 bits per heavy atom. The number of rotatable bonds is 8.